The van der Waals surface area contributed by atoms with Crippen molar-refractivity contribution in [1.82, 2.24) is 4.31 Å². The molecule has 7 nitrogen and oxygen atoms in total. The van der Waals surface area contributed by atoms with Gasteiger partial charge in [0.2, 0.25) is 14.5 Å². The molecule has 1 rings (SSSR count). The molecule has 0 saturated carbocycles. The summed E-state index contributed by atoms with van der Waals surface area (Å²) < 4.78 is 105. The minimum atomic E-state index is -6.41. The number of nitrogens with zero attached hydrogens (tertiary/aromatic N) is 1. The fourth-order valence-electron chi connectivity index (χ4n) is 1.53. The molecule has 0 heterocycles. The molecule has 0 fully saturated rings. The first-order chi connectivity index (χ1) is 10.1. The number of hydrogen-bond acceptors (Lipinski definition) is 6. The summed E-state index contributed by atoms with van der Waals surface area (Å²) in [6, 6.07) is 5.31. The topological polar surface area (TPSA) is 106 Å². The van der Waals surface area contributed by atoms with Crippen LogP contribution < -0.4 is 0 Å². The van der Waals surface area contributed by atoms with Gasteiger partial charge in [-0.25, -0.2) is 31.5 Å². The van der Waals surface area contributed by atoms with Crippen molar-refractivity contribution < 1.29 is 57.9 Å². The number of benzene rings is 1. The molecule has 0 N–H and O–H groups in total. The summed E-state index contributed by atoms with van der Waals surface area (Å²) >= 11 is 0. The van der Waals surface area contributed by atoms with Gasteiger partial charge in [0.05, 0.1) is 14.9 Å². The summed E-state index contributed by atoms with van der Waals surface area (Å²) in [7, 11) is -16.1. The Balaban J connectivity index is 0.00000529. The Morgan fingerprint density at radius 3 is 1.75 bits per heavy atom. The van der Waals surface area contributed by atoms with Crippen molar-refractivity contribution in [3.63, 3.8) is 0 Å². The Kier molecular flexibility index (Phi) is 7.19. The number of sulfone groups is 2. The maximum atomic E-state index is 12.8. The van der Waals surface area contributed by atoms with E-state index in [1.807, 2.05) is 0 Å². The van der Waals surface area contributed by atoms with Gasteiger partial charge in [-0.3, -0.25) is 0 Å². The molecular formula is C10H11F3NO6RhS3-. The summed E-state index contributed by atoms with van der Waals surface area (Å²) in [6.07, 6.45) is 2.50. The zero-order valence-electron chi connectivity index (χ0n) is 11.8. The Morgan fingerprint density at radius 2 is 1.42 bits per heavy atom. The molecule has 0 aliphatic carbocycles. The van der Waals surface area contributed by atoms with E-state index in [0.717, 1.165) is 24.3 Å². The molecule has 0 saturated heterocycles. The van der Waals surface area contributed by atoms with Gasteiger partial charge in [-0.05, 0) is 12.1 Å². The minimum Gasteiger partial charge on any atom is -0.247 e. The van der Waals surface area contributed by atoms with Crippen LogP contribution in [0.5, 0.6) is 0 Å². The summed E-state index contributed by atoms with van der Waals surface area (Å²) in [5.74, 6) is 0. The molecule has 1 radical (unpaired) electrons. The zero-order chi connectivity index (χ0) is 18.3. The second-order valence-corrected chi connectivity index (χ2v) is 10.3. The van der Waals surface area contributed by atoms with E-state index in [4.69, 9.17) is 0 Å². The van der Waals surface area contributed by atoms with Crippen LogP contribution in [0.2, 0.25) is 0 Å². The first-order valence-corrected chi connectivity index (χ1v) is 10.2. The van der Waals surface area contributed by atoms with Gasteiger partial charge in [0, 0.05) is 26.5 Å². The van der Waals surface area contributed by atoms with Crippen LogP contribution in [0.4, 0.5) is 13.2 Å². The summed E-state index contributed by atoms with van der Waals surface area (Å²) in [6.45, 7) is 0. The van der Waals surface area contributed by atoms with Gasteiger partial charge in [0.1, 0.15) is 0 Å². The second kappa shape index (κ2) is 7.36. The van der Waals surface area contributed by atoms with Gasteiger partial charge >= 0.3 is 5.51 Å². The van der Waals surface area contributed by atoms with Crippen LogP contribution in [0.15, 0.2) is 35.2 Å². The SMILES string of the molecule is [CH2-]S(=O)(=O)N(C)C(S(=O)(=O)c1ccccc1)S(=O)(=O)C(F)(F)F.[Rh]. The standard InChI is InChI=1S/C10H11F3NO6S3.Rh/c1-14(21(2,15)16)9(23(19,20)10(11,12)13)22(17,18)8-6-4-3-5-7-8;/h3-7,9H,2H2,1H3;/q-1;. The molecule has 0 bridgehead atoms. The van der Waals surface area contributed by atoms with E-state index >= 15 is 0 Å². The van der Waals surface area contributed by atoms with E-state index < -0.39 is 49.1 Å². The van der Waals surface area contributed by atoms with Gasteiger partial charge in [-0.2, -0.15) is 17.5 Å². The van der Waals surface area contributed by atoms with E-state index in [9.17, 15) is 38.4 Å². The summed E-state index contributed by atoms with van der Waals surface area (Å²) in [5, 5.41) is 0. The fraction of sp³-hybridized carbons (Fsp3) is 0.300. The van der Waals surface area contributed by atoms with Crippen molar-refractivity contribution >= 4 is 29.7 Å². The largest absolute Gasteiger partial charge is 0.500 e. The van der Waals surface area contributed by atoms with Crippen LogP contribution in [0.1, 0.15) is 0 Å². The van der Waals surface area contributed by atoms with Crippen LogP contribution in [0.3, 0.4) is 0 Å². The Hall–Kier alpha value is -0.557. The van der Waals surface area contributed by atoms with E-state index in [2.05, 4.69) is 6.26 Å². The average molecular weight is 497 g/mol. The van der Waals surface area contributed by atoms with E-state index in [-0.39, 0.29) is 19.5 Å². The normalized spacial score (nSPS) is 14.9. The first-order valence-electron chi connectivity index (χ1n) is 5.53. The molecule has 1 atom stereocenters. The van der Waals surface area contributed by atoms with Crippen LogP contribution in [-0.2, 0) is 49.2 Å². The monoisotopic (exact) mass is 497 g/mol. The third kappa shape index (κ3) is 4.54. The first kappa shape index (κ1) is 23.4. The van der Waals surface area contributed by atoms with Gasteiger partial charge in [0.15, 0.2) is 0 Å². The predicted molar refractivity (Wildman–Crippen MR) is 74.4 cm³/mol. The van der Waals surface area contributed by atoms with Crippen LogP contribution in [-0.4, -0.2) is 46.8 Å². The number of sulfonamides is 1. The van der Waals surface area contributed by atoms with E-state index in [1.165, 1.54) is 6.07 Å². The number of rotatable bonds is 5. The van der Waals surface area contributed by atoms with Gasteiger partial charge < -0.3 is 0 Å². The molecule has 141 valence electrons. The molecule has 0 aliphatic heterocycles. The van der Waals surface area contributed by atoms with Crippen LogP contribution in [0.25, 0.3) is 0 Å². The second-order valence-electron chi connectivity index (χ2n) is 4.28. The third-order valence-corrected chi connectivity index (χ3v) is 8.81. The summed E-state index contributed by atoms with van der Waals surface area (Å²) in [5.41, 5.74) is -5.99. The molecule has 0 aromatic heterocycles. The van der Waals surface area contributed by atoms with Crippen molar-refractivity contribution in [2.24, 2.45) is 0 Å². The number of alkyl halides is 3. The Morgan fingerprint density at radius 1 is 1.00 bits per heavy atom. The van der Waals surface area contributed by atoms with Gasteiger partial charge in [-0.15, -0.1) is 0 Å². The Bertz CT molecular complexity index is 882. The van der Waals surface area contributed by atoms with Crippen molar-refractivity contribution in [2.45, 2.75) is 15.1 Å². The number of hydrogen-bond donors (Lipinski definition) is 0. The maximum absolute atomic E-state index is 12.8. The fourth-order valence-corrected chi connectivity index (χ4v) is 7.03. The smallest absolute Gasteiger partial charge is 0.247 e. The minimum absolute atomic E-state index is 0. The molecule has 0 aliphatic rings. The summed E-state index contributed by atoms with van der Waals surface area (Å²) in [4.78, 5) is -0.784. The van der Waals surface area contributed by atoms with Crippen LogP contribution >= 0.6 is 0 Å². The molecule has 1 aromatic rings. The molecular weight excluding hydrogens is 486 g/mol. The predicted octanol–water partition coefficient (Wildman–Crippen LogP) is 0.729. The van der Waals surface area contributed by atoms with Crippen molar-refractivity contribution in [2.75, 3.05) is 7.05 Å². The van der Waals surface area contributed by atoms with Crippen molar-refractivity contribution in [3.05, 3.63) is 36.6 Å². The molecule has 0 spiro atoms. The molecule has 0 amide bonds. The average Bonchev–Trinajstić information content (AvgIpc) is 2.36. The molecule has 1 unspecified atom stereocenters. The molecule has 14 heteroatoms. The third-order valence-electron chi connectivity index (χ3n) is 2.66. The number of halogens is 3. The zero-order valence-corrected chi connectivity index (χ0v) is 15.8. The maximum Gasteiger partial charge on any atom is 0.500 e. The molecule has 1 aromatic carbocycles. The molecule has 24 heavy (non-hydrogen) atoms. The van der Waals surface area contributed by atoms with Gasteiger partial charge in [0.25, 0.3) is 9.84 Å². The Labute approximate surface area is 150 Å². The van der Waals surface area contributed by atoms with Crippen molar-refractivity contribution in [3.8, 4) is 0 Å². The van der Waals surface area contributed by atoms with Crippen molar-refractivity contribution in [1.29, 1.82) is 0 Å². The van der Waals surface area contributed by atoms with Crippen LogP contribution in [0, 0.1) is 6.26 Å². The van der Waals surface area contributed by atoms with E-state index in [1.54, 1.807) is 0 Å². The van der Waals surface area contributed by atoms with Gasteiger partial charge in [-0.1, -0.05) is 18.2 Å². The quantitative estimate of drug-likeness (QED) is 0.439. The van der Waals surface area contributed by atoms with E-state index in [0.29, 0.717) is 7.05 Å².